The highest BCUT2D eigenvalue weighted by atomic mass is 16.5. The minimum absolute atomic E-state index is 0.434. The topological polar surface area (TPSA) is 26.3 Å². The quantitative estimate of drug-likeness (QED) is 0.506. The van der Waals surface area contributed by atoms with Gasteiger partial charge in [-0.1, -0.05) is 38.0 Å². The fraction of sp³-hybridized carbons (Fsp3) is 0.462. The lowest BCUT2D eigenvalue weighted by atomic mass is 10.1. The molecule has 0 aliphatic heterocycles. The van der Waals surface area contributed by atoms with E-state index in [4.69, 9.17) is 4.74 Å². The molecule has 0 bridgehead atoms. The Labute approximate surface area is 91.3 Å². The standard InChI is InChI=1S/C13H18O2/c1-2-3-6-11-15-13-8-5-4-7-12(13)9-10-14/h4-5,7-8,10H,2-3,6,9,11H2,1H3. The first-order valence-corrected chi connectivity index (χ1v) is 5.52. The van der Waals surface area contributed by atoms with E-state index in [9.17, 15) is 4.79 Å². The molecule has 2 heteroatoms. The molecule has 0 radical (unpaired) electrons. The van der Waals surface area contributed by atoms with Crippen LogP contribution in [0.25, 0.3) is 0 Å². The summed E-state index contributed by atoms with van der Waals surface area (Å²) in [5.74, 6) is 0.848. The van der Waals surface area contributed by atoms with Crippen LogP contribution in [0.1, 0.15) is 31.7 Å². The SMILES string of the molecule is CCCCCOc1ccccc1CC=O. The summed E-state index contributed by atoms with van der Waals surface area (Å²) in [6, 6.07) is 7.72. The molecule has 1 rings (SSSR count). The van der Waals surface area contributed by atoms with Crippen molar-refractivity contribution in [1.82, 2.24) is 0 Å². The number of para-hydroxylation sites is 1. The second kappa shape index (κ2) is 7.04. The molecule has 15 heavy (non-hydrogen) atoms. The normalized spacial score (nSPS) is 9.93. The van der Waals surface area contributed by atoms with Gasteiger partial charge in [-0.25, -0.2) is 0 Å². The molecule has 0 aliphatic carbocycles. The molecule has 0 unspecified atom stereocenters. The third kappa shape index (κ3) is 4.15. The van der Waals surface area contributed by atoms with Crippen LogP contribution in [0.15, 0.2) is 24.3 Å². The van der Waals surface area contributed by atoms with E-state index in [1.807, 2.05) is 24.3 Å². The van der Waals surface area contributed by atoms with E-state index in [0.717, 1.165) is 30.6 Å². The molecule has 0 spiro atoms. The maximum Gasteiger partial charge on any atom is 0.124 e. The number of carbonyl (C=O) groups excluding carboxylic acids is 1. The van der Waals surface area contributed by atoms with Gasteiger partial charge in [0, 0.05) is 12.0 Å². The predicted octanol–water partition coefficient (Wildman–Crippen LogP) is 3.00. The zero-order chi connectivity index (χ0) is 10.9. The smallest absolute Gasteiger partial charge is 0.124 e. The molecule has 0 aliphatic rings. The summed E-state index contributed by atoms with van der Waals surface area (Å²) in [4.78, 5) is 10.4. The molecule has 2 nitrogen and oxygen atoms in total. The first kappa shape index (κ1) is 11.8. The van der Waals surface area contributed by atoms with Crippen LogP contribution in [0.2, 0.25) is 0 Å². The van der Waals surface area contributed by atoms with E-state index in [1.165, 1.54) is 12.8 Å². The van der Waals surface area contributed by atoms with E-state index >= 15 is 0 Å². The monoisotopic (exact) mass is 206 g/mol. The Hall–Kier alpha value is -1.31. The van der Waals surface area contributed by atoms with E-state index in [0.29, 0.717) is 6.42 Å². The van der Waals surface area contributed by atoms with Crippen molar-refractivity contribution < 1.29 is 9.53 Å². The maximum atomic E-state index is 10.4. The number of rotatable bonds is 7. The number of hydrogen-bond donors (Lipinski definition) is 0. The van der Waals surface area contributed by atoms with E-state index in [-0.39, 0.29) is 0 Å². The fourth-order valence-corrected chi connectivity index (χ4v) is 1.44. The summed E-state index contributed by atoms with van der Waals surface area (Å²) >= 11 is 0. The Bertz CT molecular complexity index is 294. The number of benzene rings is 1. The van der Waals surface area contributed by atoms with Gasteiger partial charge in [0.2, 0.25) is 0 Å². The highest BCUT2D eigenvalue weighted by Gasteiger charge is 2.01. The van der Waals surface area contributed by atoms with Crippen molar-refractivity contribution in [1.29, 1.82) is 0 Å². The van der Waals surface area contributed by atoms with Gasteiger partial charge in [-0.15, -0.1) is 0 Å². The van der Waals surface area contributed by atoms with Crippen molar-refractivity contribution in [3.05, 3.63) is 29.8 Å². The lowest BCUT2D eigenvalue weighted by Crippen LogP contribution is -2.00. The molecule has 82 valence electrons. The minimum Gasteiger partial charge on any atom is -0.493 e. The highest BCUT2D eigenvalue weighted by molar-refractivity contribution is 5.57. The zero-order valence-electron chi connectivity index (χ0n) is 9.24. The van der Waals surface area contributed by atoms with Gasteiger partial charge in [0.15, 0.2) is 0 Å². The second-order valence-corrected chi connectivity index (χ2v) is 3.53. The lowest BCUT2D eigenvalue weighted by Gasteiger charge is -2.09. The number of aldehydes is 1. The summed E-state index contributed by atoms with van der Waals surface area (Å²) in [5.41, 5.74) is 0.976. The van der Waals surface area contributed by atoms with E-state index in [1.54, 1.807) is 0 Å². The highest BCUT2D eigenvalue weighted by Crippen LogP contribution is 2.18. The van der Waals surface area contributed by atoms with Crippen molar-refractivity contribution in [2.45, 2.75) is 32.6 Å². The van der Waals surface area contributed by atoms with Gasteiger partial charge in [0.05, 0.1) is 6.61 Å². The third-order valence-electron chi connectivity index (χ3n) is 2.28. The molecule has 1 aromatic rings. The van der Waals surface area contributed by atoms with Crippen molar-refractivity contribution >= 4 is 6.29 Å². The number of carbonyl (C=O) groups is 1. The van der Waals surface area contributed by atoms with Gasteiger partial charge < -0.3 is 9.53 Å². The summed E-state index contributed by atoms with van der Waals surface area (Å²) < 4.78 is 5.63. The van der Waals surface area contributed by atoms with Crippen LogP contribution >= 0.6 is 0 Å². The van der Waals surface area contributed by atoms with Gasteiger partial charge >= 0.3 is 0 Å². The van der Waals surface area contributed by atoms with Crippen LogP contribution < -0.4 is 4.74 Å². The van der Waals surface area contributed by atoms with Crippen molar-refractivity contribution in [2.75, 3.05) is 6.61 Å². The fourth-order valence-electron chi connectivity index (χ4n) is 1.44. The van der Waals surface area contributed by atoms with Crippen molar-refractivity contribution in [2.24, 2.45) is 0 Å². The van der Waals surface area contributed by atoms with Crippen molar-refractivity contribution in [3.8, 4) is 5.75 Å². The Balaban J connectivity index is 2.47. The number of hydrogen-bond acceptors (Lipinski definition) is 2. The van der Waals surface area contributed by atoms with Crippen LogP contribution in [0.3, 0.4) is 0 Å². The van der Waals surface area contributed by atoms with Gasteiger partial charge in [-0.3, -0.25) is 0 Å². The summed E-state index contributed by atoms with van der Waals surface area (Å²) in [6.45, 7) is 2.91. The zero-order valence-corrected chi connectivity index (χ0v) is 9.24. The second-order valence-electron chi connectivity index (χ2n) is 3.53. The Morgan fingerprint density at radius 2 is 2.07 bits per heavy atom. The average molecular weight is 206 g/mol. The van der Waals surface area contributed by atoms with Gasteiger partial charge in [-0.05, 0) is 12.5 Å². The van der Waals surface area contributed by atoms with E-state index < -0.39 is 0 Å². The number of ether oxygens (including phenoxy) is 1. The third-order valence-corrected chi connectivity index (χ3v) is 2.28. The molecule has 1 aromatic carbocycles. The predicted molar refractivity (Wildman–Crippen MR) is 61.2 cm³/mol. The van der Waals surface area contributed by atoms with Crippen LogP contribution in [-0.2, 0) is 11.2 Å². The average Bonchev–Trinajstić information content (AvgIpc) is 2.27. The first-order valence-electron chi connectivity index (χ1n) is 5.52. The molecular weight excluding hydrogens is 188 g/mol. The molecule has 0 saturated heterocycles. The molecular formula is C13H18O2. The molecule has 0 N–H and O–H groups in total. The summed E-state index contributed by atoms with van der Waals surface area (Å²) in [7, 11) is 0. The minimum atomic E-state index is 0.434. The maximum absolute atomic E-state index is 10.4. The van der Waals surface area contributed by atoms with Gasteiger partial charge in [-0.2, -0.15) is 0 Å². The lowest BCUT2D eigenvalue weighted by molar-refractivity contribution is -0.107. The molecule has 0 atom stereocenters. The molecule has 0 aromatic heterocycles. The van der Waals surface area contributed by atoms with Crippen molar-refractivity contribution in [3.63, 3.8) is 0 Å². The molecule has 0 heterocycles. The summed E-state index contributed by atoms with van der Waals surface area (Å²) in [5, 5.41) is 0. The first-order chi connectivity index (χ1) is 7.38. The summed E-state index contributed by atoms with van der Waals surface area (Å²) in [6.07, 6.45) is 4.80. The van der Waals surface area contributed by atoms with Crippen LogP contribution in [-0.4, -0.2) is 12.9 Å². The van der Waals surface area contributed by atoms with Gasteiger partial charge in [0.1, 0.15) is 12.0 Å². The Kier molecular flexibility index (Phi) is 5.52. The van der Waals surface area contributed by atoms with Crippen LogP contribution in [0, 0.1) is 0 Å². The number of unbranched alkanes of at least 4 members (excludes halogenated alkanes) is 2. The molecule has 0 fully saturated rings. The van der Waals surface area contributed by atoms with E-state index in [2.05, 4.69) is 6.92 Å². The largest absolute Gasteiger partial charge is 0.493 e. The molecule has 0 amide bonds. The Morgan fingerprint density at radius 3 is 2.80 bits per heavy atom. The van der Waals surface area contributed by atoms with Crippen LogP contribution in [0.5, 0.6) is 5.75 Å². The Morgan fingerprint density at radius 1 is 1.27 bits per heavy atom. The van der Waals surface area contributed by atoms with Crippen LogP contribution in [0.4, 0.5) is 0 Å². The molecule has 0 saturated carbocycles. The van der Waals surface area contributed by atoms with Gasteiger partial charge in [0.25, 0.3) is 0 Å².